The van der Waals surface area contributed by atoms with Crippen LogP contribution in [0.1, 0.15) is 6.42 Å². The summed E-state index contributed by atoms with van der Waals surface area (Å²) in [4.78, 5) is 14.0. The number of nitrogens with zero attached hydrogens (tertiary/aromatic N) is 3. The molecule has 0 radical (unpaired) electrons. The molecule has 0 aliphatic carbocycles. The lowest BCUT2D eigenvalue weighted by atomic mass is 10.2. The maximum absolute atomic E-state index is 13.3. The fourth-order valence-electron chi connectivity index (χ4n) is 2.71. The summed E-state index contributed by atoms with van der Waals surface area (Å²) < 4.78 is 13.3. The van der Waals surface area contributed by atoms with Gasteiger partial charge in [0.2, 0.25) is 0 Å². The molecule has 19 heavy (non-hydrogen) atoms. The van der Waals surface area contributed by atoms with Crippen molar-refractivity contribution in [3.05, 3.63) is 30.6 Å². The highest BCUT2D eigenvalue weighted by atomic mass is 18.2. The Balaban J connectivity index is 1.85. The number of nitrogens with one attached hydrogen (secondary N) is 1. The van der Waals surface area contributed by atoms with E-state index in [1.54, 1.807) is 6.20 Å². The zero-order valence-corrected chi connectivity index (χ0v) is 10.3. The number of anilines is 1. The van der Waals surface area contributed by atoms with Crippen LogP contribution in [0.2, 0.25) is 0 Å². The van der Waals surface area contributed by atoms with Gasteiger partial charge in [0.05, 0.1) is 12.1 Å². The van der Waals surface area contributed by atoms with Crippen LogP contribution >= 0.6 is 0 Å². The molecule has 4 rings (SSSR count). The van der Waals surface area contributed by atoms with Gasteiger partial charge in [0, 0.05) is 29.7 Å². The van der Waals surface area contributed by atoms with Crippen molar-refractivity contribution < 1.29 is 4.39 Å². The highest BCUT2D eigenvalue weighted by Crippen LogP contribution is 2.27. The summed E-state index contributed by atoms with van der Waals surface area (Å²) in [6.45, 7) is 1.18. The second-order valence-electron chi connectivity index (χ2n) is 4.94. The first-order chi connectivity index (χ1) is 9.31. The molecule has 3 aromatic heterocycles. The summed E-state index contributed by atoms with van der Waals surface area (Å²) in [5.41, 5.74) is 1.86. The van der Waals surface area contributed by atoms with Gasteiger partial charge < -0.3 is 9.88 Å². The summed E-state index contributed by atoms with van der Waals surface area (Å²) in [7, 11) is 0. The van der Waals surface area contributed by atoms with Gasteiger partial charge in [-0.05, 0) is 24.6 Å². The van der Waals surface area contributed by atoms with E-state index in [2.05, 4.69) is 15.0 Å². The molecular weight excluding hydrogens is 242 g/mol. The van der Waals surface area contributed by atoms with Crippen LogP contribution in [0.5, 0.6) is 0 Å². The summed E-state index contributed by atoms with van der Waals surface area (Å²) in [6, 6.07) is 5.93. The van der Waals surface area contributed by atoms with E-state index in [-0.39, 0.29) is 0 Å². The summed E-state index contributed by atoms with van der Waals surface area (Å²) in [5, 5.41) is 2.13. The monoisotopic (exact) mass is 255 g/mol. The Morgan fingerprint density at radius 1 is 1.26 bits per heavy atom. The Bertz CT molecular complexity index is 751. The smallest absolute Gasteiger partial charge is 0.140 e. The molecule has 1 aliphatic rings. The molecule has 96 valence electrons. The number of aromatic amines is 1. The van der Waals surface area contributed by atoms with Gasteiger partial charge in [-0.15, -0.1) is 0 Å². The first kappa shape index (κ1) is 10.7. The van der Waals surface area contributed by atoms with Crippen LogP contribution in [0, 0.1) is 0 Å². The minimum Gasteiger partial charge on any atom is -0.354 e. The summed E-state index contributed by atoms with van der Waals surface area (Å²) in [5.74, 6) is 0.840. The van der Waals surface area contributed by atoms with Gasteiger partial charge in [0.1, 0.15) is 17.6 Å². The molecule has 1 N–H and O–H groups in total. The highest BCUT2D eigenvalue weighted by Gasteiger charge is 2.23. The van der Waals surface area contributed by atoms with Crippen LogP contribution in [0.15, 0.2) is 30.6 Å². The Morgan fingerprint density at radius 3 is 3.05 bits per heavy atom. The fraction of sp³-hybridized carbons (Fsp3) is 0.286. The molecule has 3 aromatic rings. The Kier molecular flexibility index (Phi) is 2.21. The molecule has 0 saturated carbocycles. The van der Waals surface area contributed by atoms with Crippen LogP contribution in [-0.4, -0.2) is 34.2 Å². The number of halogens is 1. The van der Waals surface area contributed by atoms with E-state index in [0.29, 0.717) is 13.0 Å². The van der Waals surface area contributed by atoms with E-state index in [0.717, 1.165) is 34.3 Å². The molecule has 0 spiro atoms. The molecule has 4 heterocycles. The molecule has 4 nitrogen and oxygen atoms in total. The third-order valence-electron chi connectivity index (χ3n) is 3.70. The van der Waals surface area contributed by atoms with Crippen molar-refractivity contribution in [3.8, 4) is 0 Å². The van der Waals surface area contributed by atoms with Crippen molar-refractivity contribution in [1.29, 1.82) is 0 Å². The average Bonchev–Trinajstić information content (AvgIpc) is 3.01. The average molecular weight is 255 g/mol. The standard InChI is InChI=1S/C14H13FN4/c15-9-4-6-19(8-9)13-2-1-10-11-7-16-5-3-12(11)17-14(10)18-13/h1-3,5,7,9H,4,6,8H2,(H,17,18)/t9-/m0/s1/i15-1. The summed E-state index contributed by atoms with van der Waals surface area (Å²) in [6.07, 6.45) is 3.45. The number of fused-ring (bicyclic) bond motifs is 3. The fourth-order valence-corrected chi connectivity index (χ4v) is 2.71. The van der Waals surface area contributed by atoms with Crippen LogP contribution in [-0.2, 0) is 0 Å². The van der Waals surface area contributed by atoms with E-state index < -0.39 is 6.17 Å². The van der Waals surface area contributed by atoms with Crippen molar-refractivity contribution in [3.63, 3.8) is 0 Å². The van der Waals surface area contributed by atoms with Crippen molar-refractivity contribution in [2.45, 2.75) is 12.6 Å². The predicted octanol–water partition coefficient (Wildman–Crippen LogP) is 2.66. The molecule has 1 aliphatic heterocycles. The Labute approximate surface area is 109 Å². The zero-order valence-electron chi connectivity index (χ0n) is 10.3. The molecule has 1 fully saturated rings. The van der Waals surface area contributed by atoms with Crippen LogP contribution in [0.3, 0.4) is 0 Å². The van der Waals surface area contributed by atoms with Crippen molar-refractivity contribution in [1.82, 2.24) is 15.0 Å². The van der Waals surface area contributed by atoms with Gasteiger partial charge in [-0.25, -0.2) is 9.37 Å². The molecule has 0 aromatic carbocycles. The minimum atomic E-state index is -0.732. The number of hydrogen-bond acceptors (Lipinski definition) is 3. The van der Waals surface area contributed by atoms with Crippen molar-refractivity contribution in [2.24, 2.45) is 0 Å². The molecular formula is C14H13FN4. The largest absolute Gasteiger partial charge is 0.354 e. The first-order valence-electron chi connectivity index (χ1n) is 6.43. The van der Waals surface area contributed by atoms with Crippen LogP contribution in [0.4, 0.5) is 10.2 Å². The molecule has 5 heteroatoms. The van der Waals surface area contributed by atoms with Gasteiger partial charge in [-0.2, -0.15) is 0 Å². The lowest BCUT2D eigenvalue weighted by Gasteiger charge is -2.15. The van der Waals surface area contributed by atoms with Crippen LogP contribution in [0.25, 0.3) is 21.9 Å². The van der Waals surface area contributed by atoms with E-state index in [4.69, 9.17) is 0 Å². The number of hydrogen-bond donors (Lipinski definition) is 1. The minimum absolute atomic E-state index is 0.445. The second kappa shape index (κ2) is 3.91. The Hall–Kier alpha value is -2.17. The molecule has 0 bridgehead atoms. The van der Waals surface area contributed by atoms with Crippen LogP contribution < -0.4 is 4.90 Å². The van der Waals surface area contributed by atoms with E-state index in [1.165, 1.54) is 0 Å². The SMILES string of the molecule is [18F][C@H]1CCN(c2ccc3c(n2)[nH]c2ccncc23)C1. The lowest BCUT2D eigenvalue weighted by molar-refractivity contribution is 0.364. The third-order valence-corrected chi connectivity index (χ3v) is 3.70. The molecule has 0 unspecified atom stereocenters. The first-order valence-corrected chi connectivity index (χ1v) is 6.43. The quantitative estimate of drug-likeness (QED) is 0.727. The second-order valence-corrected chi connectivity index (χ2v) is 4.94. The van der Waals surface area contributed by atoms with Crippen molar-refractivity contribution >= 4 is 27.8 Å². The van der Waals surface area contributed by atoms with E-state index in [9.17, 15) is 4.39 Å². The van der Waals surface area contributed by atoms with E-state index >= 15 is 0 Å². The maximum atomic E-state index is 13.3. The van der Waals surface area contributed by atoms with E-state index in [1.807, 2.05) is 29.3 Å². The number of pyridine rings is 2. The maximum Gasteiger partial charge on any atom is 0.140 e. The molecule has 0 amide bonds. The van der Waals surface area contributed by atoms with Gasteiger partial charge >= 0.3 is 0 Å². The normalized spacial score (nSPS) is 19.6. The molecule has 1 saturated heterocycles. The van der Waals surface area contributed by atoms with Gasteiger partial charge in [0.15, 0.2) is 0 Å². The topological polar surface area (TPSA) is 44.8 Å². The zero-order chi connectivity index (χ0) is 12.8. The number of rotatable bonds is 1. The Morgan fingerprint density at radius 2 is 2.21 bits per heavy atom. The van der Waals surface area contributed by atoms with Gasteiger partial charge in [0.25, 0.3) is 0 Å². The number of H-pyrrole nitrogens is 1. The predicted molar refractivity (Wildman–Crippen MR) is 73.1 cm³/mol. The third kappa shape index (κ3) is 1.65. The van der Waals surface area contributed by atoms with Gasteiger partial charge in [-0.1, -0.05) is 0 Å². The summed E-state index contributed by atoms with van der Waals surface area (Å²) >= 11 is 0. The number of alkyl halides is 1. The highest BCUT2D eigenvalue weighted by molar-refractivity contribution is 6.05. The van der Waals surface area contributed by atoms with Crippen molar-refractivity contribution in [2.75, 3.05) is 18.0 Å². The molecule has 1 atom stereocenters. The number of aromatic nitrogens is 3. The van der Waals surface area contributed by atoms with Gasteiger partial charge in [-0.3, -0.25) is 4.98 Å². The lowest BCUT2D eigenvalue weighted by Crippen LogP contribution is -2.20.